The van der Waals surface area contributed by atoms with Crippen molar-refractivity contribution in [2.75, 3.05) is 53.6 Å². The van der Waals surface area contributed by atoms with E-state index in [1.165, 1.54) is 0 Å². The lowest BCUT2D eigenvalue weighted by Crippen LogP contribution is -2.40. The molecule has 0 saturated carbocycles. The summed E-state index contributed by atoms with van der Waals surface area (Å²) in [5, 5.41) is 11.4. The molecule has 0 aliphatic heterocycles. The highest BCUT2D eigenvalue weighted by Crippen LogP contribution is 1.95. The van der Waals surface area contributed by atoms with Gasteiger partial charge in [-0.2, -0.15) is 0 Å². The fourth-order valence-corrected chi connectivity index (χ4v) is 1.51. The largest absolute Gasteiger partial charge is 0.481 e. The topological polar surface area (TPSA) is 88.1 Å². The van der Waals surface area contributed by atoms with Crippen molar-refractivity contribution >= 4 is 11.9 Å². The number of aliphatic carboxylic acids is 1. The zero-order chi connectivity index (χ0) is 14.5. The van der Waals surface area contributed by atoms with E-state index in [1.807, 2.05) is 4.90 Å². The second kappa shape index (κ2) is 11.9. The molecule has 7 nitrogen and oxygen atoms in total. The minimum atomic E-state index is -0.864. The Balaban J connectivity index is 4.00. The molecule has 112 valence electrons. The average Bonchev–Trinajstić information content (AvgIpc) is 2.36. The van der Waals surface area contributed by atoms with Crippen LogP contribution in [0.15, 0.2) is 0 Å². The Labute approximate surface area is 113 Å². The average molecular weight is 276 g/mol. The first-order chi connectivity index (χ1) is 9.10. The van der Waals surface area contributed by atoms with Crippen LogP contribution in [-0.2, 0) is 19.1 Å². The Morgan fingerprint density at radius 2 is 1.84 bits per heavy atom. The number of amides is 1. The summed E-state index contributed by atoms with van der Waals surface area (Å²) < 4.78 is 9.78. The Bertz CT molecular complexity index is 261. The molecule has 0 unspecified atom stereocenters. The van der Waals surface area contributed by atoms with Crippen LogP contribution in [0, 0.1) is 0 Å². The summed E-state index contributed by atoms with van der Waals surface area (Å²) in [6.45, 7) is 2.70. The van der Waals surface area contributed by atoms with E-state index in [2.05, 4.69) is 5.32 Å². The maximum Gasteiger partial charge on any atom is 0.304 e. The van der Waals surface area contributed by atoms with Gasteiger partial charge in [0.1, 0.15) is 0 Å². The number of carbonyl (C=O) groups excluding carboxylic acids is 1. The number of hydrogen-bond acceptors (Lipinski definition) is 5. The third kappa shape index (κ3) is 11.6. The summed E-state index contributed by atoms with van der Waals surface area (Å²) in [5.74, 6) is -0.989. The van der Waals surface area contributed by atoms with Crippen molar-refractivity contribution in [2.24, 2.45) is 0 Å². The molecule has 0 aromatic carbocycles. The Morgan fingerprint density at radius 1 is 1.16 bits per heavy atom. The van der Waals surface area contributed by atoms with Crippen LogP contribution in [0.5, 0.6) is 0 Å². The van der Waals surface area contributed by atoms with Crippen molar-refractivity contribution in [3.05, 3.63) is 0 Å². The van der Waals surface area contributed by atoms with Crippen molar-refractivity contribution in [3.8, 4) is 0 Å². The van der Waals surface area contributed by atoms with Gasteiger partial charge in [0.15, 0.2) is 0 Å². The predicted molar refractivity (Wildman–Crippen MR) is 70.1 cm³/mol. The van der Waals surface area contributed by atoms with E-state index < -0.39 is 5.97 Å². The standard InChI is InChI=1S/C12H24N2O5/c1-18-8-3-6-14(7-4-12(16)17)10-11(15)13-5-9-19-2/h3-10H2,1-2H3,(H,13,15)(H,16,17). The SMILES string of the molecule is COCCCN(CCC(=O)O)CC(=O)NCCOC. The summed E-state index contributed by atoms with van der Waals surface area (Å²) in [6.07, 6.45) is 0.791. The molecule has 19 heavy (non-hydrogen) atoms. The Kier molecular flexibility index (Phi) is 11.1. The van der Waals surface area contributed by atoms with Gasteiger partial charge in [-0.3, -0.25) is 14.5 Å². The maximum absolute atomic E-state index is 11.6. The van der Waals surface area contributed by atoms with Gasteiger partial charge >= 0.3 is 5.97 Å². The predicted octanol–water partition coefficient (Wildman–Crippen LogP) is -0.438. The van der Waals surface area contributed by atoms with Gasteiger partial charge < -0.3 is 19.9 Å². The molecular weight excluding hydrogens is 252 g/mol. The molecule has 0 radical (unpaired) electrons. The number of carbonyl (C=O) groups is 2. The summed E-state index contributed by atoms with van der Waals surface area (Å²) in [6, 6.07) is 0. The molecule has 2 N–H and O–H groups in total. The summed E-state index contributed by atoms with van der Waals surface area (Å²) in [5.41, 5.74) is 0. The maximum atomic E-state index is 11.6. The molecule has 0 atom stereocenters. The lowest BCUT2D eigenvalue weighted by atomic mass is 10.3. The highest BCUT2D eigenvalue weighted by atomic mass is 16.5. The first-order valence-electron chi connectivity index (χ1n) is 6.29. The van der Waals surface area contributed by atoms with Gasteiger partial charge in [-0.1, -0.05) is 0 Å². The lowest BCUT2D eigenvalue weighted by Gasteiger charge is -2.20. The molecule has 0 aromatic heterocycles. The monoisotopic (exact) mass is 276 g/mol. The van der Waals surface area contributed by atoms with Gasteiger partial charge in [0.05, 0.1) is 19.6 Å². The number of carboxylic acid groups (broad SMARTS) is 1. The smallest absolute Gasteiger partial charge is 0.304 e. The Morgan fingerprint density at radius 3 is 2.42 bits per heavy atom. The fraction of sp³-hybridized carbons (Fsp3) is 0.833. The highest BCUT2D eigenvalue weighted by Gasteiger charge is 2.11. The van der Waals surface area contributed by atoms with Gasteiger partial charge in [0, 0.05) is 40.5 Å². The quantitative estimate of drug-likeness (QED) is 0.470. The van der Waals surface area contributed by atoms with Crippen LogP contribution in [0.2, 0.25) is 0 Å². The van der Waals surface area contributed by atoms with Crippen LogP contribution in [0.25, 0.3) is 0 Å². The normalized spacial score (nSPS) is 10.7. The van der Waals surface area contributed by atoms with Gasteiger partial charge in [-0.25, -0.2) is 0 Å². The number of carboxylic acids is 1. The third-order valence-corrected chi connectivity index (χ3v) is 2.46. The lowest BCUT2D eigenvalue weighted by molar-refractivity contribution is -0.137. The zero-order valence-corrected chi connectivity index (χ0v) is 11.7. The molecule has 0 aromatic rings. The van der Waals surface area contributed by atoms with Crippen LogP contribution >= 0.6 is 0 Å². The van der Waals surface area contributed by atoms with Crippen LogP contribution in [0.3, 0.4) is 0 Å². The van der Waals surface area contributed by atoms with Gasteiger partial charge in [-0.05, 0) is 6.42 Å². The van der Waals surface area contributed by atoms with Crippen LogP contribution < -0.4 is 5.32 Å². The van der Waals surface area contributed by atoms with Crippen LogP contribution in [0.1, 0.15) is 12.8 Å². The van der Waals surface area contributed by atoms with E-state index in [0.717, 1.165) is 6.42 Å². The molecule has 7 heteroatoms. The number of nitrogens with one attached hydrogen (secondary N) is 1. The molecule has 0 aliphatic carbocycles. The molecule has 0 bridgehead atoms. The summed E-state index contributed by atoms with van der Waals surface area (Å²) in [4.78, 5) is 24.0. The molecular formula is C12H24N2O5. The number of methoxy groups -OCH3 is 2. The van der Waals surface area contributed by atoms with Crippen molar-refractivity contribution in [2.45, 2.75) is 12.8 Å². The molecule has 0 rings (SSSR count). The molecule has 1 amide bonds. The van der Waals surface area contributed by atoms with Crippen molar-refractivity contribution in [3.63, 3.8) is 0 Å². The molecule has 0 fully saturated rings. The van der Waals surface area contributed by atoms with Gasteiger partial charge in [0.2, 0.25) is 5.91 Å². The minimum Gasteiger partial charge on any atom is -0.481 e. The first-order valence-corrected chi connectivity index (χ1v) is 6.29. The third-order valence-electron chi connectivity index (χ3n) is 2.46. The van der Waals surface area contributed by atoms with Crippen LogP contribution in [0.4, 0.5) is 0 Å². The number of hydrogen-bond donors (Lipinski definition) is 2. The van der Waals surface area contributed by atoms with Gasteiger partial charge in [-0.15, -0.1) is 0 Å². The molecule has 0 heterocycles. The summed E-state index contributed by atoms with van der Waals surface area (Å²) >= 11 is 0. The molecule has 0 saturated heterocycles. The highest BCUT2D eigenvalue weighted by molar-refractivity contribution is 5.78. The summed E-state index contributed by atoms with van der Waals surface area (Å²) in [7, 11) is 3.18. The first kappa shape index (κ1) is 17.8. The number of nitrogens with zero attached hydrogens (tertiary/aromatic N) is 1. The van der Waals surface area contributed by atoms with E-state index in [-0.39, 0.29) is 18.9 Å². The fourth-order valence-electron chi connectivity index (χ4n) is 1.51. The number of rotatable bonds is 12. The molecule has 0 aliphatic rings. The van der Waals surface area contributed by atoms with E-state index in [9.17, 15) is 9.59 Å². The minimum absolute atomic E-state index is 0.0261. The molecule has 0 spiro atoms. The Hall–Kier alpha value is -1.18. The number of ether oxygens (including phenoxy) is 2. The van der Waals surface area contributed by atoms with Crippen molar-refractivity contribution < 1.29 is 24.2 Å². The van der Waals surface area contributed by atoms with Crippen molar-refractivity contribution in [1.29, 1.82) is 0 Å². The van der Waals surface area contributed by atoms with Crippen LogP contribution in [-0.4, -0.2) is 75.5 Å². The zero-order valence-electron chi connectivity index (χ0n) is 11.7. The second-order valence-corrected chi connectivity index (χ2v) is 4.11. The van der Waals surface area contributed by atoms with E-state index in [4.69, 9.17) is 14.6 Å². The van der Waals surface area contributed by atoms with Crippen molar-refractivity contribution in [1.82, 2.24) is 10.2 Å². The van der Waals surface area contributed by atoms with Gasteiger partial charge in [0.25, 0.3) is 0 Å². The van der Waals surface area contributed by atoms with E-state index >= 15 is 0 Å². The second-order valence-electron chi connectivity index (χ2n) is 4.11. The van der Waals surface area contributed by atoms with E-state index in [0.29, 0.717) is 32.8 Å². The van der Waals surface area contributed by atoms with E-state index in [1.54, 1.807) is 14.2 Å².